The van der Waals surface area contributed by atoms with Crippen LogP contribution < -0.4 is 15.8 Å². The van der Waals surface area contributed by atoms with Crippen LogP contribution in [-0.4, -0.2) is 22.3 Å². The third-order valence-corrected chi connectivity index (χ3v) is 3.94. The second kappa shape index (κ2) is 6.36. The molecular formula is C14H15BrN4OS. The molecule has 7 heteroatoms. The summed E-state index contributed by atoms with van der Waals surface area (Å²) in [6.07, 6.45) is 0. The van der Waals surface area contributed by atoms with Gasteiger partial charge in [0.15, 0.2) is 5.82 Å². The fourth-order valence-electron chi connectivity index (χ4n) is 1.88. The number of halogens is 1. The van der Waals surface area contributed by atoms with Gasteiger partial charge in [-0.1, -0.05) is 12.2 Å². The number of ether oxygens (including phenoxy) is 1. The maximum atomic E-state index is 5.81. The zero-order valence-electron chi connectivity index (χ0n) is 11.9. The molecule has 1 aromatic carbocycles. The summed E-state index contributed by atoms with van der Waals surface area (Å²) >= 11 is 8.56. The van der Waals surface area contributed by atoms with Gasteiger partial charge in [0.05, 0.1) is 22.8 Å². The Hall–Kier alpha value is -1.73. The van der Waals surface area contributed by atoms with E-state index < -0.39 is 0 Å². The number of anilines is 2. The van der Waals surface area contributed by atoms with Crippen molar-refractivity contribution in [3.8, 4) is 5.75 Å². The second-order valence-electron chi connectivity index (χ2n) is 4.47. The molecule has 0 unspecified atom stereocenters. The lowest BCUT2D eigenvalue weighted by Gasteiger charge is -2.14. The molecule has 3 N–H and O–H groups in total. The van der Waals surface area contributed by atoms with Crippen LogP contribution in [0.4, 0.5) is 11.5 Å². The number of hydrogen-bond acceptors (Lipinski definition) is 5. The molecule has 0 aliphatic rings. The molecule has 0 radical (unpaired) electrons. The largest absolute Gasteiger partial charge is 0.496 e. The van der Waals surface area contributed by atoms with E-state index >= 15 is 0 Å². The average molecular weight is 367 g/mol. The highest BCUT2D eigenvalue weighted by Gasteiger charge is 2.14. The van der Waals surface area contributed by atoms with Crippen molar-refractivity contribution in [3.05, 3.63) is 39.5 Å². The van der Waals surface area contributed by atoms with Crippen molar-refractivity contribution in [1.82, 2.24) is 10.2 Å². The normalized spacial score (nSPS) is 10.3. The van der Waals surface area contributed by atoms with E-state index in [0.29, 0.717) is 16.4 Å². The Kier molecular flexibility index (Phi) is 4.74. The summed E-state index contributed by atoms with van der Waals surface area (Å²) in [6.45, 7) is 3.80. The van der Waals surface area contributed by atoms with E-state index in [9.17, 15) is 0 Å². The minimum atomic E-state index is 0.292. The zero-order chi connectivity index (χ0) is 15.6. The Morgan fingerprint density at radius 1 is 1.33 bits per heavy atom. The molecule has 0 fully saturated rings. The summed E-state index contributed by atoms with van der Waals surface area (Å²) in [7, 11) is 1.62. The number of nitrogens with one attached hydrogen (secondary N) is 1. The number of nitrogens with zero attached hydrogens (tertiary/aromatic N) is 2. The van der Waals surface area contributed by atoms with Crippen LogP contribution in [-0.2, 0) is 0 Å². The molecule has 0 saturated carbocycles. The molecule has 0 amide bonds. The summed E-state index contributed by atoms with van der Waals surface area (Å²) in [5.74, 6) is 1.30. The minimum absolute atomic E-state index is 0.292. The van der Waals surface area contributed by atoms with E-state index in [1.165, 1.54) is 0 Å². The van der Waals surface area contributed by atoms with Gasteiger partial charge < -0.3 is 15.8 Å². The molecule has 5 nitrogen and oxygen atoms in total. The Bertz CT molecular complexity index is 706. The number of aryl methyl sites for hydroxylation is 1. The van der Waals surface area contributed by atoms with Gasteiger partial charge in [-0.3, -0.25) is 0 Å². The average Bonchev–Trinajstić information content (AvgIpc) is 2.43. The fraction of sp³-hybridized carbons (Fsp3) is 0.214. The number of methoxy groups -OCH3 is 1. The number of thiocarbonyl (C=S) groups is 1. The third-order valence-electron chi connectivity index (χ3n) is 3.12. The van der Waals surface area contributed by atoms with Gasteiger partial charge in [-0.2, -0.15) is 5.10 Å². The number of nitrogens with two attached hydrogens (primary N) is 1. The summed E-state index contributed by atoms with van der Waals surface area (Å²) in [4.78, 5) is 0.292. The predicted octanol–water partition coefficient (Wildman–Crippen LogP) is 3.24. The smallest absolute Gasteiger partial charge is 0.163 e. The first kappa shape index (κ1) is 15.7. The van der Waals surface area contributed by atoms with Crippen LogP contribution in [0, 0.1) is 13.8 Å². The van der Waals surface area contributed by atoms with Gasteiger partial charge in [0, 0.05) is 5.69 Å². The molecule has 0 spiro atoms. The first-order valence-corrected chi connectivity index (χ1v) is 7.38. The third kappa shape index (κ3) is 3.30. The van der Waals surface area contributed by atoms with E-state index in [0.717, 1.165) is 27.2 Å². The van der Waals surface area contributed by atoms with Crippen molar-refractivity contribution in [2.45, 2.75) is 13.8 Å². The van der Waals surface area contributed by atoms with E-state index in [1.807, 2.05) is 32.0 Å². The molecular weight excluding hydrogens is 352 g/mol. The van der Waals surface area contributed by atoms with Crippen LogP contribution in [0.15, 0.2) is 22.7 Å². The summed E-state index contributed by atoms with van der Waals surface area (Å²) in [6, 6.07) is 5.62. The maximum absolute atomic E-state index is 5.81. The van der Waals surface area contributed by atoms with Crippen LogP contribution in [0.5, 0.6) is 5.75 Å². The lowest BCUT2D eigenvalue weighted by atomic mass is 10.1. The first-order valence-electron chi connectivity index (χ1n) is 6.18. The zero-order valence-corrected chi connectivity index (χ0v) is 14.3. The highest BCUT2D eigenvalue weighted by molar-refractivity contribution is 9.10. The molecule has 21 heavy (non-hydrogen) atoms. The minimum Gasteiger partial charge on any atom is -0.496 e. The van der Waals surface area contributed by atoms with Crippen LogP contribution in [0.25, 0.3) is 0 Å². The lowest BCUT2D eigenvalue weighted by Crippen LogP contribution is -2.16. The summed E-state index contributed by atoms with van der Waals surface area (Å²) in [5, 5.41) is 11.4. The second-order valence-corrected chi connectivity index (χ2v) is 5.77. The van der Waals surface area contributed by atoms with Crippen molar-refractivity contribution in [3.63, 3.8) is 0 Å². The van der Waals surface area contributed by atoms with E-state index in [4.69, 9.17) is 22.7 Å². The van der Waals surface area contributed by atoms with Gasteiger partial charge in [-0.25, -0.2) is 0 Å². The molecule has 2 aromatic rings. The summed E-state index contributed by atoms with van der Waals surface area (Å²) in [5.41, 5.74) is 9.08. The van der Waals surface area contributed by atoms with Gasteiger partial charge in [0.25, 0.3) is 0 Å². The Labute approximate surface area is 137 Å². The van der Waals surface area contributed by atoms with Crippen LogP contribution in [0.2, 0.25) is 0 Å². The highest BCUT2D eigenvalue weighted by Crippen LogP contribution is 2.30. The van der Waals surface area contributed by atoms with Gasteiger partial charge in [-0.15, -0.1) is 5.10 Å². The molecule has 110 valence electrons. The number of aromatic nitrogens is 2. The van der Waals surface area contributed by atoms with E-state index in [2.05, 4.69) is 31.4 Å². The van der Waals surface area contributed by atoms with Crippen molar-refractivity contribution in [2.24, 2.45) is 5.73 Å². The molecule has 0 aliphatic carbocycles. The summed E-state index contributed by atoms with van der Waals surface area (Å²) < 4.78 is 6.04. The lowest BCUT2D eigenvalue weighted by molar-refractivity contribution is 0.412. The Morgan fingerprint density at radius 2 is 2.05 bits per heavy atom. The Morgan fingerprint density at radius 3 is 2.62 bits per heavy atom. The molecule has 1 aromatic heterocycles. The van der Waals surface area contributed by atoms with Gasteiger partial charge in [0.2, 0.25) is 0 Å². The monoisotopic (exact) mass is 366 g/mol. The van der Waals surface area contributed by atoms with Crippen LogP contribution in [0.3, 0.4) is 0 Å². The number of hydrogen-bond donors (Lipinski definition) is 2. The molecule has 0 aliphatic heterocycles. The van der Waals surface area contributed by atoms with Crippen molar-refractivity contribution in [2.75, 3.05) is 12.4 Å². The fourth-order valence-corrected chi connectivity index (χ4v) is 2.67. The van der Waals surface area contributed by atoms with Crippen molar-refractivity contribution in [1.29, 1.82) is 0 Å². The maximum Gasteiger partial charge on any atom is 0.163 e. The topological polar surface area (TPSA) is 73.1 Å². The van der Waals surface area contributed by atoms with Gasteiger partial charge in [0.1, 0.15) is 10.7 Å². The van der Waals surface area contributed by atoms with Gasteiger partial charge in [-0.05, 0) is 53.5 Å². The molecule has 2 rings (SSSR count). The Balaban J connectivity index is 2.42. The van der Waals surface area contributed by atoms with Crippen molar-refractivity contribution < 1.29 is 4.74 Å². The molecule has 0 atom stereocenters. The van der Waals surface area contributed by atoms with Gasteiger partial charge >= 0.3 is 0 Å². The van der Waals surface area contributed by atoms with E-state index in [-0.39, 0.29) is 0 Å². The highest BCUT2D eigenvalue weighted by atomic mass is 79.9. The van der Waals surface area contributed by atoms with Crippen LogP contribution in [0.1, 0.15) is 16.8 Å². The first-order chi connectivity index (χ1) is 9.93. The molecule has 0 bridgehead atoms. The number of benzene rings is 1. The van der Waals surface area contributed by atoms with Crippen molar-refractivity contribution >= 4 is 44.6 Å². The SMILES string of the molecule is COc1ccc(Nc2nnc(C)c(C)c2C(N)=S)cc1Br. The number of rotatable bonds is 4. The molecule has 0 saturated heterocycles. The quantitative estimate of drug-likeness (QED) is 0.809. The van der Waals surface area contributed by atoms with E-state index in [1.54, 1.807) is 7.11 Å². The standard InChI is InChI=1S/C14H15BrN4OS/c1-7-8(2)18-19-14(12(7)13(16)21)17-9-4-5-11(20-3)10(15)6-9/h4-6H,1-3H3,(H2,16,21)(H,17,19). The van der Waals surface area contributed by atoms with Crippen LogP contribution >= 0.6 is 28.1 Å². The predicted molar refractivity (Wildman–Crippen MR) is 91.4 cm³/mol. The molecule has 1 heterocycles.